The van der Waals surface area contributed by atoms with Crippen molar-refractivity contribution in [3.05, 3.63) is 35.4 Å². The molecule has 1 amide bonds. The molecule has 1 aromatic rings. The molecular weight excluding hydrogens is 276 g/mol. The van der Waals surface area contributed by atoms with Crippen molar-refractivity contribution in [1.29, 1.82) is 0 Å². The number of halogens is 1. The van der Waals surface area contributed by atoms with Crippen LogP contribution in [0.25, 0.3) is 0 Å². The Morgan fingerprint density at radius 2 is 2.15 bits per heavy atom. The van der Waals surface area contributed by atoms with Crippen LogP contribution in [0.3, 0.4) is 0 Å². The SMILES string of the molecule is Cl.N[C@@H]1CCCN(C(=O)C2OCCc3ccccc32)C1. The maximum absolute atomic E-state index is 12.6. The van der Waals surface area contributed by atoms with Gasteiger partial charge in [0.2, 0.25) is 0 Å². The van der Waals surface area contributed by atoms with Crippen molar-refractivity contribution in [2.24, 2.45) is 5.73 Å². The zero-order valence-electron chi connectivity index (χ0n) is 11.5. The van der Waals surface area contributed by atoms with Crippen molar-refractivity contribution in [1.82, 2.24) is 4.90 Å². The van der Waals surface area contributed by atoms with E-state index >= 15 is 0 Å². The number of fused-ring (bicyclic) bond motifs is 1. The Balaban J connectivity index is 0.00000147. The van der Waals surface area contributed by atoms with E-state index in [2.05, 4.69) is 6.07 Å². The summed E-state index contributed by atoms with van der Waals surface area (Å²) in [6.45, 7) is 2.07. The van der Waals surface area contributed by atoms with Gasteiger partial charge in [0.1, 0.15) is 0 Å². The van der Waals surface area contributed by atoms with Gasteiger partial charge < -0.3 is 15.4 Å². The molecule has 110 valence electrons. The molecule has 1 unspecified atom stereocenters. The highest BCUT2D eigenvalue weighted by Crippen LogP contribution is 2.29. The third kappa shape index (κ3) is 2.97. The van der Waals surface area contributed by atoms with Crippen molar-refractivity contribution in [3.8, 4) is 0 Å². The highest BCUT2D eigenvalue weighted by Gasteiger charge is 2.32. The number of rotatable bonds is 1. The Kier molecular flexibility index (Phi) is 5.02. The van der Waals surface area contributed by atoms with Crippen molar-refractivity contribution in [3.63, 3.8) is 0 Å². The lowest BCUT2D eigenvalue weighted by Gasteiger charge is -2.35. The van der Waals surface area contributed by atoms with Crippen LogP contribution in [0.5, 0.6) is 0 Å². The number of piperidine rings is 1. The van der Waals surface area contributed by atoms with Crippen LogP contribution in [0.15, 0.2) is 24.3 Å². The molecule has 2 heterocycles. The van der Waals surface area contributed by atoms with Gasteiger partial charge in [-0.2, -0.15) is 0 Å². The number of benzene rings is 1. The van der Waals surface area contributed by atoms with Gasteiger partial charge in [0, 0.05) is 19.1 Å². The van der Waals surface area contributed by atoms with E-state index in [1.807, 2.05) is 23.1 Å². The molecule has 2 aliphatic rings. The molecule has 5 heteroatoms. The van der Waals surface area contributed by atoms with Gasteiger partial charge in [-0.3, -0.25) is 4.79 Å². The minimum atomic E-state index is -0.435. The summed E-state index contributed by atoms with van der Waals surface area (Å²) >= 11 is 0. The molecule has 0 aromatic heterocycles. The lowest BCUT2D eigenvalue weighted by Crippen LogP contribution is -2.48. The molecule has 0 saturated carbocycles. The summed E-state index contributed by atoms with van der Waals surface area (Å²) < 4.78 is 5.72. The van der Waals surface area contributed by atoms with Crippen molar-refractivity contribution < 1.29 is 9.53 Å². The number of ether oxygens (including phenoxy) is 1. The summed E-state index contributed by atoms with van der Waals surface area (Å²) in [5.41, 5.74) is 8.21. The molecule has 0 spiro atoms. The molecule has 0 aliphatic carbocycles. The summed E-state index contributed by atoms with van der Waals surface area (Å²) in [5, 5.41) is 0. The Bertz CT molecular complexity index is 481. The van der Waals surface area contributed by atoms with E-state index in [0.717, 1.165) is 31.4 Å². The van der Waals surface area contributed by atoms with Gasteiger partial charge in [-0.05, 0) is 30.4 Å². The average Bonchev–Trinajstić information content (AvgIpc) is 2.46. The second-order valence-corrected chi connectivity index (χ2v) is 5.39. The van der Waals surface area contributed by atoms with E-state index in [1.54, 1.807) is 0 Å². The molecule has 1 aromatic carbocycles. The molecule has 2 atom stereocenters. The normalized spacial score (nSPS) is 25.6. The molecule has 1 fully saturated rings. The highest BCUT2D eigenvalue weighted by atomic mass is 35.5. The molecule has 0 radical (unpaired) electrons. The van der Waals surface area contributed by atoms with Crippen LogP contribution >= 0.6 is 12.4 Å². The maximum atomic E-state index is 12.6. The lowest BCUT2D eigenvalue weighted by atomic mass is 9.96. The van der Waals surface area contributed by atoms with Crippen molar-refractivity contribution in [2.45, 2.75) is 31.4 Å². The van der Waals surface area contributed by atoms with E-state index in [1.165, 1.54) is 5.56 Å². The first-order valence-electron chi connectivity index (χ1n) is 6.99. The lowest BCUT2D eigenvalue weighted by molar-refractivity contribution is -0.146. The smallest absolute Gasteiger partial charge is 0.256 e. The number of likely N-dealkylation sites (tertiary alicyclic amines) is 1. The van der Waals surface area contributed by atoms with Crippen LogP contribution < -0.4 is 5.73 Å². The minimum Gasteiger partial charge on any atom is -0.363 e. The minimum absolute atomic E-state index is 0. The molecule has 2 N–H and O–H groups in total. The van der Waals surface area contributed by atoms with Gasteiger partial charge in [-0.1, -0.05) is 24.3 Å². The van der Waals surface area contributed by atoms with Gasteiger partial charge in [0.05, 0.1) is 6.61 Å². The van der Waals surface area contributed by atoms with Crippen LogP contribution in [-0.2, 0) is 16.0 Å². The topological polar surface area (TPSA) is 55.6 Å². The molecular formula is C15H21ClN2O2. The number of carbonyl (C=O) groups is 1. The number of amides is 1. The molecule has 1 saturated heterocycles. The number of nitrogens with two attached hydrogens (primary N) is 1. The molecule has 0 bridgehead atoms. The zero-order chi connectivity index (χ0) is 13.2. The van der Waals surface area contributed by atoms with E-state index in [9.17, 15) is 4.79 Å². The fourth-order valence-electron chi connectivity index (χ4n) is 2.97. The number of nitrogens with zero attached hydrogens (tertiary/aromatic N) is 1. The van der Waals surface area contributed by atoms with Crippen molar-refractivity contribution in [2.75, 3.05) is 19.7 Å². The van der Waals surface area contributed by atoms with Gasteiger partial charge >= 0.3 is 0 Å². The van der Waals surface area contributed by atoms with E-state index in [4.69, 9.17) is 10.5 Å². The maximum Gasteiger partial charge on any atom is 0.256 e. The van der Waals surface area contributed by atoms with Gasteiger partial charge in [-0.25, -0.2) is 0 Å². The summed E-state index contributed by atoms with van der Waals surface area (Å²) in [5.74, 6) is 0.0716. The number of hydrogen-bond acceptors (Lipinski definition) is 3. The van der Waals surface area contributed by atoms with E-state index in [-0.39, 0.29) is 24.4 Å². The highest BCUT2D eigenvalue weighted by molar-refractivity contribution is 5.85. The Hall–Kier alpha value is -1.10. The van der Waals surface area contributed by atoms with E-state index in [0.29, 0.717) is 13.2 Å². The number of carbonyl (C=O) groups excluding carboxylic acids is 1. The molecule has 3 rings (SSSR count). The first kappa shape index (κ1) is 15.3. The van der Waals surface area contributed by atoms with Crippen molar-refractivity contribution >= 4 is 18.3 Å². The van der Waals surface area contributed by atoms with Crippen LogP contribution in [0, 0.1) is 0 Å². The fraction of sp³-hybridized carbons (Fsp3) is 0.533. The standard InChI is InChI=1S/C15H20N2O2.ClH/c16-12-5-3-8-17(10-12)15(18)14-13-6-2-1-4-11(13)7-9-19-14;/h1-2,4,6,12,14H,3,5,7-10,16H2;1H/t12-,14?;/m1./s1. The summed E-state index contributed by atoms with van der Waals surface area (Å²) in [6.07, 6.45) is 2.45. The van der Waals surface area contributed by atoms with Gasteiger partial charge in [-0.15, -0.1) is 12.4 Å². The molecule has 2 aliphatic heterocycles. The average molecular weight is 297 g/mol. The van der Waals surface area contributed by atoms with Crippen LogP contribution in [0.4, 0.5) is 0 Å². The van der Waals surface area contributed by atoms with E-state index < -0.39 is 6.10 Å². The zero-order valence-corrected chi connectivity index (χ0v) is 12.3. The second-order valence-electron chi connectivity index (χ2n) is 5.39. The predicted molar refractivity (Wildman–Crippen MR) is 79.9 cm³/mol. The van der Waals surface area contributed by atoms with Crippen LogP contribution in [0.1, 0.15) is 30.1 Å². The largest absolute Gasteiger partial charge is 0.363 e. The Morgan fingerprint density at radius 3 is 2.95 bits per heavy atom. The summed E-state index contributed by atoms with van der Waals surface area (Å²) in [6, 6.07) is 8.18. The third-order valence-electron chi connectivity index (χ3n) is 3.99. The van der Waals surface area contributed by atoms with Gasteiger partial charge in [0.25, 0.3) is 5.91 Å². The first-order chi connectivity index (χ1) is 9.25. The Labute approximate surface area is 125 Å². The quantitative estimate of drug-likeness (QED) is 0.858. The second kappa shape index (κ2) is 6.57. The summed E-state index contributed by atoms with van der Waals surface area (Å²) in [7, 11) is 0. The molecule has 4 nitrogen and oxygen atoms in total. The fourth-order valence-corrected chi connectivity index (χ4v) is 2.97. The summed E-state index contributed by atoms with van der Waals surface area (Å²) in [4.78, 5) is 14.5. The number of hydrogen-bond donors (Lipinski definition) is 1. The van der Waals surface area contributed by atoms with Crippen LogP contribution in [0.2, 0.25) is 0 Å². The third-order valence-corrected chi connectivity index (χ3v) is 3.99. The predicted octanol–water partition coefficient (Wildman–Crippen LogP) is 1.67. The van der Waals surface area contributed by atoms with Gasteiger partial charge in [0.15, 0.2) is 6.10 Å². The monoisotopic (exact) mass is 296 g/mol. The Morgan fingerprint density at radius 1 is 1.35 bits per heavy atom. The first-order valence-corrected chi connectivity index (χ1v) is 6.99. The molecule has 20 heavy (non-hydrogen) atoms. The van der Waals surface area contributed by atoms with Crippen LogP contribution in [-0.4, -0.2) is 36.5 Å².